The Morgan fingerprint density at radius 2 is 0.822 bits per heavy atom. The van der Waals surface area contributed by atoms with Crippen molar-refractivity contribution in [2.45, 2.75) is 5.41 Å². The third-order valence-electron chi connectivity index (χ3n) is 10.1. The van der Waals surface area contributed by atoms with Gasteiger partial charge in [0.1, 0.15) is 0 Å². The van der Waals surface area contributed by atoms with Crippen LogP contribution >= 0.6 is 0 Å². The average molecular weight is 570 g/mol. The lowest BCUT2D eigenvalue weighted by Crippen LogP contribution is -2.25. The number of pyridine rings is 1. The quantitative estimate of drug-likeness (QED) is 0.189. The maximum atomic E-state index is 5.18. The van der Waals surface area contributed by atoms with Crippen molar-refractivity contribution in [2.24, 2.45) is 0 Å². The molecule has 0 unspecified atom stereocenters. The molecule has 7 aromatic carbocycles. The Kier molecular flexibility index (Phi) is 4.99. The lowest BCUT2D eigenvalue weighted by Gasteiger charge is -2.30. The molecule has 0 saturated carbocycles. The first-order valence-electron chi connectivity index (χ1n) is 15.7. The predicted molar refractivity (Wildman–Crippen MR) is 186 cm³/mol. The van der Waals surface area contributed by atoms with E-state index in [4.69, 9.17) is 4.98 Å². The summed E-state index contributed by atoms with van der Waals surface area (Å²) in [6.07, 6.45) is 1.96. The lowest BCUT2D eigenvalue weighted by molar-refractivity contribution is 0.791. The van der Waals surface area contributed by atoms with Crippen LogP contribution in [-0.2, 0) is 5.41 Å². The molecule has 1 spiro atoms. The summed E-state index contributed by atoms with van der Waals surface area (Å²) in [6.45, 7) is 0. The number of aromatic nitrogens is 1. The highest BCUT2D eigenvalue weighted by Gasteiger charge is 2.52. The summed E-state index contributed by atoms with van der Waals surface area (Å²) in [5.41, 5.74) is 14.8. The zero-order valence-electron chi connectivity index (χ0n) is 24.5. The number of benzene rings is 7. The van der Waals surface area contributed by atoms with E-state index < -0.39 is 5.41 Å². The van der Waals surface area contributed by atoms with Crippen LogP contribution in [0.15, 0.2) is 164 Å². The molecule has 0 atom stereocenters. The highest BCUT2D eigenvalue weighted by Crippen LogP contribution is 2.64. The minimum Gasteiger partial charge on any atom is -0.256 e. The van der Waals surface area contributed by atoms with Crippen LogP contribution in [0.3, 0.4) is 0 Å². The Morgan fingerprint density at radius 1 is 0.333 bits per heavy atom. The van der Waals surface area contributed by atoms with E-state index in [9.17, 15) is 0 Å². The molecule has 0 aliphatic heterocycles. The van der Waals surface area contributed by atoms with Gasteiger partial charge in [-0.2, -0.15) is 0 Å². The summed E-state index contributed by atoms with van der Waals surface area (Å²) in [7, 11) is 0. The maximum Gasteiger partial charge on any atom is 0.0759 e. The molecule has 0 bridgehead atoms. The number of hydrogen-bond donors (Lipinski definition) is 0. The van der Waals surface area contributed by atoms with Crippen molar-refractivity contribution in [3.05, 3.63) is 186 Å². The second-order valence-corrected chi connectivity index (χ2v) is 12.2. The summed E-state index contributed by atoms with van der Waals surface area (Å²) < 4.78 is 0. The summed E-state index contributed by atoms with van der Waals surface area (Å²) in [6, 6.07) is 57.9. The second-order valence-electron chi connectivity index (χ2n) is 12.2. The molecule has 1 nitrogen and oxygen atoms in total. The molecule has 8 aromatic rings. The van der Waals surface area contributed by atoms with E-state index >= 15 is 0 Å². The van der Waals surface area contributed by atoms with Crippen molar-refractivity contribution in [3.63, 3.8) is 0 Å². The molecule has 0 fully saturated rings. The third-order valence-corrected chi connectivity index (χ3v) is 10.1. The largest absolute Gasteiger partial charge is 0.256 e. The van der Waals surface area contributed by atoms with Crippen LogP contribution in [0.5, 0.6) is 0 Å². The summed E-state index contributed by atoms with van der Waals surface area (Å²) in [4.78, 5) is 5.18. The van der Waals surface area contributed by atoms with E-state index in [2.05, 4.69) is 158 Å². The van der Waals surface area contributed by atoms with Gasteiger partial charge < -0.3 is 0 Å². The number of rotatable bonds is 2. The van der Waals surface area contributed by atoms with Gasteiger partial charge in [-0.25, -0.2) is 0 Å². The van der Waals surface area contributed by atoms with Crippen LogP contribution in [0.4, 0.5) is 0 Å². The maximum absolute atomic E-state index is 5.18. The van der Waals surface area contributed by atoms with Crippen LogP contribution in [0.2, 0.25) is 0 Å². The number of hydrogen-bond acceptors (Lipinski definition) is 1. The molecule has 2 aliphatic rings. The van der Waals surface area contributed by atoms with Crippen molar-refractivity contribution >= 4 is 21.5 Å². The predicted octanol–water partition coefficient (Wildman–Crippen LogP) is 11.1. The van der Waals surface area contributed by atoms with E-state index in [0.29, 0.717) is 0 Å². The molecular weight excluding hydrogens is 542 g/mol. The van der Waals surface area contributed by atoms with Crippen molar-refractivity contribution in [2.75, 3.05) is 0 Å². The van der Waals surface area contributed by atoms with Gasteiger partial charge in [-0.1, -0.05) is 152 Å². The monoisotopic (exact) mass is 569 g/mol. The standard InChI is InChI=1S/C44H27N/c1-2-14-28(15-3-1)40-31-18-4-6-20-33(31)41(34-21-7-5-19-32(34)40)35-22-12-25-38-42(35)43-39(26-13-27-45-43)44(38)36-23-10-8-16-29(36)30-17-9-11-24-37(30)44/h1-27H. The molecule has 2 aliphatic carbocycles. The molecule has 1 heteroatoms. The average Bonchev–Trinajstić information content (AvgIpc) is 3.59. The molecule has 1 aromatic heterocycles. The van der Waals surface area contributed by atoms with Crippen LogP contribution in [-0.4, -0.2) is 4.98 Å². The van der Waals surface area contributed by atoms with Crippen molar-refractivity contribution < 1.29 is 0 Å². The van der Waals surface area contributed by atoms with Gasteiger partial charge in [0.2, 0.25) is 0 Å². The fraction of sp³-hybridized carbons (Fsp3) is 0.0227. The molecule has 45 heavy (non-hydrogen) atoms. The first-order valence-corrected chi connectivity index (χ1v) is 15.7. The number of nitrogens with zero attached hydrogens (tertiary/aromatic N) is 1. The summed E-state index contributed by atoms with van der Waals surface area (Å²) in [5.74, 6) is 0. The normalized spacial score (nSPS) is 13.5. The highest BCUT2D eigenvalue weighted by molar-refractivity contribution is 6.22. The van der Waals surface area contributed by atoms with Gasteiger partial charge in [0.25, 0.3) is 0 Å². The Labute approximate surface area is 262 Å². The van der Waals surface area contributed by atoms with Gasteiger partial charge in [0.15, 0.2) is 0 Å². The molecule has 0 N–H and O–H groups in total. The van der Waals surface area contributed by atoms with E-state index in [1.807, 2.05) is 6.20 Å². The van der Waals surface area contributed by atoms with E-state index in [1.165, 1.54) is 82.7 Å². The molecule has 0 saturated heterocycles. The van der Waals surface area contributed by atoms with Crippen LogP contribution in [0.1, 0.15) is 22.3 Å². The lowest BCUT2D eigenvalue weighted by atomic mass is 9.70. The Bertz CT molecular complexity index is 2380. The van der Waals surface area contributed by atoms with Crippen molar-refractivity contribution in [3.8, 4) is 44.6 Å². The van der Waals surface area contributed by atoms with Gasteiger partial charge >= 0.3 is 0 Å². The van der Waals surface area contributed by atoms with Gasteiger partial charge in [-0.3, -0.25) is 4.98 Å². The minimum atomic E-state index is -0.419. The SMILES string of the molecule is c1ccc(-c2c3ccccc3c(-c3cccc4c3-c3ncccc3C43c4ccccc4-c4ccccc43)c3ccccc23)cc1. The zero-order chi connectivity index (χ0) is 29.5. The first-order chi connectivity index (χ1) is 22.4. The van der Waals surface area contributed by atoms with Crippen LogP contribution < -0.4 is 0 Å². The second kappa shape index (κ2) is 9.11. The van der Waals surface area contributed by atoms with E-state index in [0.717, 1.165) is 5.69 Å². The van der Waals surface area contributed by atoms with Crippen molar-refractivity contribution in [1.29, 1.82) is 0 Å². The number of fused-ring (bicyclic) bond motifs is 12. The minimum absolute atomic E-state index is 0.419. The van der Waals surface area contributed by atoms with Crippen LogP contribution in [0, 0.1) is 0 Å². The smallest absolute Gasteiger partial charge is 0.0759 e. The Balaban J connectivity index is 1.38. The molecule has 208 valence electrons. The molecule has 1 heterocycles. The molecule has 0 radical (unpaired) electrons. The Hall–Kier alpha value is -5.79. The summed E-state index contributed by atoms with van der Waals surface area (Å²) >= 11 is 0. The topological polar surface area (TPSA) is 12.9 Å². The third kappa shape index (κ3) is 3.10. The van der Waals surface area contributed by atoms with Crippen molar-refractivity contribution in [1.82, 2.24) is 4.98 Å². The summed E-state index contributed by atoms with van der Waals surface area (Å²) in [5, 5.41) is 5.05. The zero-order valence-corrected chi connectivity index (χ0v) is 24.5. The van der Waals surface area contributed by atoms with Gasteiger partial charge in [-0.15, -0.1) is 0 Å². The first kappa shape index (κ1) is 24.6. The fourth-order valence-electron chi connectivity index (χ4n) is 8.53. The Morgan fingerprint density at radius 3 is 1.47 bits per heavy atom. The fourth-order valence-corrected chi connectivity index (χ4v) is 8.53. The van der Waals surface area contributed by atoms with Gasteiger partial charge in [-0.05, 0) is 83.2 Å². The van der Waals surface area contributed by atoms with Gasteiger partial charge in [0.05, 0.1) is 11.1 Å². The van der Waals surface area contributed by atoms with E-state index in [-0.39, 0.29) is 0 Å². The van der Waals surface area contributed by atoms with Crippen LogP contribution in [0.25, 0.3) is 66.2 Å². The van der Waals surface area contributed by atoms with Gasteiger partial charge in [0, 0.05) is 11.8 Å². The highest BCUT2D eigenvalue weighted by atomic mass is 14.7. The molecule has 10 rings (SSSR count). The molecular formula is C44H27N. The van der Waals surface area contributed by atoms with E-state index in [1.54, 1.807) is 0 Å². The molecule has 0 amide bonds.